The molecule has 38 heavy (non-hydrogen) atoms. The minimum absolute atomic E-state index is 0.00754. The summed E-state index contributed by atoms with van der Waals surface area (Å²) in [7, 11) is 0. The Bertz CT molecular complexity index is 1180. The lowest BCUT2D eigenvalue weighted by atomic mass is 9.83. The van der Waals surface area contributed by atoms with E-state index in [0.717, 1.165) is 64.6 Å². The maximum atomic E-state index is 13.6. The van der Waals surface area contributed by atoms with Gasteiger partial charge >= 0.3 is 0 Å². The van der Waals surface area contributed by atoms with E-state index in [1.165, 1.54) is 11.1 Å². The number of aryl methyl sites for hydroxylation is 2. The summed E-state index contributed by atoms with van der Waals surface area (Å²) < 4.78 is 27.2. The first-order valence-electron chi connectivity index (χ1n) is 13.9. The normalized spacial score (nSPS) is 16.7. The monoisotopic (exact) mass is 519 g/mol. The Labute approximate surface area is 228 Å². The number of hydrogen-bond acceptors (Lipinski definition) is 2. The Morgan fingerprint density at radius 2 is 1.76 bits per heavy atom. The van der Waals surface area contributed by atoms with Crippen molar-refractivity contribution in [2.75, 3.05) is 0 Å². The van der Waals surface area contributed by atoms with Crippen molar-refractivity contribution in [1.82, 2.24) is 4.98 Å². The summed E-state index contributed by atoms with van der Waals surface area (Å²) in [5.41, 5.74) is 10.1. The Morgan fingerprint density at radius 1 is 1.11 bits per heavy atom. The zero-order chi connectivity index (χ0) is 27.9. The second-order valence-electron chi connectivity index (χ2n) is 11.3. The number of rotatable bonds is 11. The van der Waals surface area contributed by atoms with E-state index in [-0.39, 0.29) is 18.8 Å². The van der Waals surface area contributed by atoms with E-state index in [9.17, 15) is 13.6 Å². The zero-order valence-electron chi connectivity index (χ0n) is 23.7. The van der Waals surface area contributed by atoms with Gasteiger partial charge in [-0.3, -0.25) is 4.98 Å². The van der Waals surface area contributed by atoms with Crippen LogP contribution in [0.2, 0.25) is 0 Å². The topological polar surface area (TPSA) is 30.0 Å². The van der Waals surface area contributed by atoms with Crippen LogP contribution in [0.4, 0.5) is 8.78 Å². The fourth-order valence-corrected chi connectivity index (χ4v) is 5.51. The SMILES string of the molecule is C=C(C)C(C(C)=C(C)C)c1cnc(/C(=C\CCC2CCC(F)(F)CC2)c2ccc(CCC=O)cc2)c(C)c1. The molecule has 0 spiro atoms. The number of halogens is 2. The van der Waals surface area contributed by atoms with Crippen LogP contribution < -0.4 is 0 Å². The highest BCUT2D eigenvalue weighted by Crippen LogP contribution is 2.39. The minimum Gasteiger partial charge on any atom is -0.303 e. The standard InChI is InChI=1S/C34H43F2NO/c1-23(2)26(6)32(24(3)4)30-21-25(5)33(37-22-30)31(29-14-12-27(13-15-29)10-8-20-38)11-7-9-28-16-18-34(35,36)19-17-28/h11-15,20-22,28,32H,3,7-10,16-19H2,1-2,4-6H3/b31-11-. The summed E-state index contributed by atoms with van der Waals surface area (Å²) in [6, 6.07) is 10.6. The molecular formula is C34H43F2NO. The van der Waals surface area contributed by atoms with E-state index < -0.39 is 5.92 Å². The van der Waals surface area contributed by atoms with Gasteiger partial charge in [0.1, 0.15) is 6.29 Å². The van der Waals surface area contributed by atoms with Crippen LogP contribution in [-0.2, 0) is 11.2 Å². The quantitative estimate of drug-likeness (QED) is 0.218. The van der Waals surface area contributed by atoms with Crippen molar-refractivity contribution in [2.45, 2.75) is 97.8 Å². The van der Waals surface area contributed by atoms with Crippen molar-refractivity contribution < 1.29 is 13.6 Å². The predicted molar refractivity (Wildman–Crippen MR) is 155 cm³/mol. The summed E-state index contributed by atoms with van der Waals surface area (Å²) in [5, 5.41) is 0. The summed E-state index contributed by atoms with van der Waals surface area (Å²) in [6.07, 6.45) is 9.35. The number of nitrogens with zero attached hydrogens (tertiary/aromatic N) is 1. The van der Waals surface area contributed by atoms with Crippen LogP contribution in [0.3, 0.4) is 0 Å². The maximum absolute atomic E-state index is 13.6. The molecule has 2 aromatic rings. The second kappa shape index (κ2) is 13.3. The highest BCUT2D eigenvalue weighted by atomic mass is 19.3. The number of carbonyl (C=O) groups is 1. The molecule has 1 aliphatic carbocycles. The number of benzene rings is 1. The third kappa shape index (κ3) is 7.82. The molecular weight excluding hydrogens is 476 g/mol. The van der Waals surface area contributed by atoms with Gasteiger partial charge in [-0.05, 0) is 94.9 Å². The molecule has 1 aliphatic rings. The molecule has 1 aromatic carbocycles. The molecule has 1 heterocycles. The Morgan fingerprint density at radius 3 is 2.32 bits per heavy atom. The fraction of sp³-hybridized carbons (Fsp3) is 0.471. The first kappa shape index (κ1) is 29.7. The highest BCUT2D eigenvalue weighted by molar-refractivity contribution is 5.79. The first-order chi connectivity index (χ1) is 18.0. The van der Waals surface area contributed by atoms with E-state index in [2.05, 4.69) is 77.6 Å². The molecule has 0 saturated heterocycles. The van der Waals surface area contributed by atoms with Gasteiger partial charge in [-0.25, -0.2) is 8.78 Å². The number of carbonyl (C=O) groups excluding carboxylic acids is 1. The largest absolute Gasteiger partial charge is 0.303 e. The van der Waals surface area contributed by atoms with Crippen molar-refractivity contribution in [2.24, 2.45) is 5.92 Å². The summed E-state index contributed by atoms with van der Waals surface area (Å²) in [5.74, 6) is -2.01. The van der Waals surface area contributed by atoms with E-state index in [0.29, 0.717) is 25.2 Å². The number of hydrogen-bond donors (Lipinski definition) is 0. The van der Waals surface area contributed by atoms with Crippen LogP contribution >= 0.6 is 0 Å². The van der Waals surface area contributed by atoms with Gasteiger partial charge in [0.15, 0.2) is 0 Å². The first-order valence-corrected chi connectivity index (χ1v) is 13.9. The maximum Gasteiger partial charge on any atom is 0.248 e. The summed E-state index contributed by atoms with van der Waals surface area (Å²) in [4.78, 5) is 15.8. The Hall–Kier alpha value is -2.88. The van der Waals surface area contributed by atoms with Crippen LogP contribution in [-0.4, -0.2) is 17.2 Å². The lowest BCUT2D eigenvalue weighted by Gasteiger charge is -2.28. The number of allylic oxidation sites excluding steroid dienone is 4. The van der Waals surface area contributed by atoms with Crippen LogP contribution in [0.1, 0.15) is 107 Å². The smallest absolute Gasteiger partial charge is 0.248 e. The van der Waals surface area contributed by atoms with E-state index in [1.807, 2.05) is 6.20 Å². The van der Waals surface area contributed by atoms with Crippen molar-refractivity contribution in [3.8, 4) is 0 Å². The lowest BCUT2D eigenvalue weighted by Crippen LogP contribution is -2.24. The van der Waals surface area contributed by atoms with E-state index in [4.69, 9.17) is 4.98 Å². The summed E-state index contributed by atoms with van der Waals surface area (Å²) in [6.45, 7) is 14.9. The highest BCUT2D eigenvalue weighted by Gasteiger charge is 2.34. The van der Waals surface area contributed by atoms with Gasteiger partial charge in [0.25, 0.3) is 0 Å². The molecule has 0 N–H and O–H groups in total. The molecule has 1 fully saturated rings. The molecule has 3 rings (SSSR count). The lowest BCUT2D eigenvalue weighted by molar-refractivity contribution is -0.107. The molecule has 0 radical (unpaired) electrons. The van der Waals surface area contributed by atoms with Gasteiger partial charge in [0.2, 0.25) is 5.92 Å². The number of pyridine rings is 1. The van der Waals surface area contributed by atoms with Gasteiger partial charge in [-0.15, -0.1) is 0 Å². The van der Waals surface area contributed by atoms with Gasteiger partial charge in [0.05, 0.1) is 5.69 Å². The Balaban J connectivity index is 1.93. The molecule has 0 aliphatic heterocycles. The van der Waals surface area contributed by atoms with Crippen LogP contribution in [0.25, 0.3) is 5.57 Å². The summed E-state index contributed by atoms with van der Waals surface area (Å²) >= 11 is 0. The molecule has 204 valence electrons. The van der Waals surface area contributed by atoms with Crippen LogP contribution in [0.5, 0.6) is 0 Å². The number of aldehydes is 1. The van der Waals surface area contributed by atoms with E-state index in [1.54, 1.807) is 0 Å². The second-order valence-corrected chi connectivity index (χ2v) is 11.3. The average Bonchev–Trinajstić information content (AvgIpc) is 2.87. The third-order valence-electron chi connectivity index (χ3n) is 7.98. The number of alkyl halides is 2. The third-order valence-corrected chi connectivity index (χ3v) is 7.98. The van der Waals surface area contributed by atoms with Gasteiger partial charge in [0, 0.05) is 37.0 Å². The van der Waals surface area contributed by atoms with Crippen LogP contribution in [0, 0.1) is 12.8 Å². The van der Waals surface area contributed by atoms with Crippen molar-refractivity contribution in [3.63, 3.8) is 0 Å². The van der Waals surface area contributed by atoms with Gasteiger partial charge in [-0.1, -0.05) is 59.7 Å². The molecule has 2 nitrogen and oxygen atoms in total. The van der Waals surface area contributed by atoms with Crippen molar-refractivity contribution >= 4 is 11.9 Å². The minimum atomic E-state index is -2.49. The van der Waals surface area contributed by atoms with E-state index >= 15 is 0 Å². The molecule has 1 saturated carbocycles. The average molecular weight is 520 g/mol. The fourth-order valence-electron chi connectivity index (χ4n) is 5.51. The van der Waals surface area contributed by atoms with Crippen molar-refractivity contribution in [1.29, 1.82) is 0 Å². The molecule has 0 bridgehead atoms. The molecule has 4 heteroatoms. The molecule has 0 amide bonds. The zero-order valence-corrected chi connectivity index (χ0v) is 23.7. The molecule has 1 aromatic heterocycles. The van der Waals surface area contributed by atoms with Crippen LogP contribution in [0.15, 0.2) is 65.9 Å². The molecule has 1 atom stereocenters. The number of aromatic nitrogens is 1. The Kier molecular flexibility index (Phi) is 10.4. The van der Waals surface area contributed by atoms with Crippen molar-refractivity contribution in [3.05, 3.63) is 93.9 Å². The molecule has 1 unspecified atom stereocenters. The van der Waals surface area contributed by atoms with Gasteiger partial charge in [-0.2, -0.15) is 0 Å². The van der Waals surface area contributed by atoms with Gasteiger partial charge < -0.3 is 4.79 Å². The predicted octanol–water partition coefficient (Wildman–Crippen LogP) is 9.57.